The van der Waals surface area contributed by atoms with Gasteiger partial charge in [0.25, 0.3) is 0 Å². The molecular formula is C17H17N. The number of nitrogen functional groups attached to an aromatic ring is 1. The molecule has 0 heterocycles. The van der Waals surface area contributed by atoms with Gasteiger partial charge in [0.15, 0.2) is 0 Å². The van der Waals surface area contributed by atoms with E-state index < -0.39 is 0 Å². The second-order valence-corrected chi connectivity index (χ2v) is 4.24. The van der Waals surface area contributed by atoms with Crippen molar-refractivity contribution < 1.29 is 0 Å². The highest BCUT2D eigenvalue weighted by atomic mass is 14.5. The molecule has 1 heteroatoms. The summed E-state index contributed by atoms with van der Waals surface area (Å²) in [5.74, 6) is 0. The minimum absolute atomic E-state index is 0.794. The summed E-state index contributed by atoms with van der Waals surface area (Å²) in [6.45, 7) is 2.11. The van der Waals surface area contributed by atoms with Crippen molar-refractivity contribution in [2.24, 2.45) is 0 Å². The maximum absolute atomic E-state index is 5.64. The summed E-state index contributed by atoms with van der Waals surface area (Å²) >= 11 is 0. The van der Waals surface area contributed by atoms with Gasteiger partial charge < -0.3 is 5.73 Å². The minimum atomic E-state index is 0.794. The van der Waals surface area contributed by atoms with Crippen LogP contribution in [0.2, 0.25) is 0 Å². The molecule has 1 nitrogen and oxygen atoms in total. The summed E-state index contributed by atoms with van der Waals surface area (Å²) in [5.41, 5.74) is 10.1. The van der Waals surface area contributed by atoms with E-state index in [1.807, 2.05) is 30.3 Å². The molecule has 0 aromatic heterocycles. The highest BCUT2D eigenvalue weighted by Gasteiger charge is 1.89. The van der Waals surface area contributed by atoms with E-state index in [1.165, 1.54) is 11.1 Å². The maximum Gasteiger partial charge on any atom is 0.0314 e. The van der Waals surface area contributed by atoms with Gasteiger partial charge in [-0.1, -0.05) is 60.7 Å². The van der Waals surface area contributed by atoms with Crippen molar-refractivity contribution in [3.8, 4) is 0 Å². The van der Waals surface area contributed by atoms with Gasteiger partial charge in [-0.05, 0) is 35.7 Å². The molecule has 0 fully saturated rings. The Morgan fingerprint density at radius 3 is 2.22 bits per heavy atom. The summed E-state index contributed by atoms with van der Waals surface area (Å²) in [6, 6.07) is 16.2. The summed E-state index contributed by atoms with van der Waals surface area (Å²) in [4.78, 5) is 0. The molecule has 0 radical (unpaired) electrons. The SMILES string of the molecule is Cc1ccccc1/C=C/C=C/c1ccc(N)cc1. The second kappa shape index (κ2) is 5.87. The summed E-state index contributed by atoms with van der Waals surface area (Å²) in [7, 11) is 0. The molecule has 0 bridgehead atoms. The number of anilines is 1. The molecule has 0 aliphatic heterocycles. The van der Waals surface area contributed by atoms with Crippen LogP contribution >= 0.6 is 0 Å². The van der Waals surface area contributed by atoms with E-state index in [9.17, 15) is 0 Å². The fourth-order valence-corrected chi connectivity index (χ4v) is 1.71. The Hall–Kier alpha value is -2.28. The molecular weight excluding hydrogens is 218 g/mol. The molecule has 2 N–H and O–H groups in total. The summed E-state index contributed by atoms with van der Waals surface area (Å²) < 4.78 is 0. The highest BCUT2D eigenvalue weighted by Crippen LogP contribution is 2.10. The lowest BCUT2D eigenvalue weighted by atomic mass is 10.1. The smallest absolute Gasteiger partial charge is 0.0314 e. The maximum atomic E-state index is 5.64. The number of hydrogen-bond acceptors (Lipinski definition) is 1. The Labute approximate surface area is 108 Å². The normalized spacial score (nSPS) is 11.4. The first-order valence-corrected chi connectivity index (χ1v) is 6.01. The Balaban J connectivity index is 2.03. The van der Waals surface area contributed by atoms with Gasteiger partial charge in [0.05, 0.1) is 0 Å². The molecule has 0 unspecified atom stereocenters. The molecule has 0 aliphatic rings. The van der Waals surface area contributed by atoms with Crippen molar-refractivity contribution in [1.29, 1.82) is 0 Å². The van der Waals surface area contributed by atoms with Gasteiger partial charge in [-0.2, -0.15) is 0 Å². The predicted octanol–water partition coefficient (Wildman–Crippen LogP) is 4.30. The lowest BCUT2D eigenvalue weighted by Gasteiger charge is -1.97. The average Bonchev–Trinajstić information content (AvgIpc) is 2.39. The summed E-state index contributed by atoms with van der Waals surface area (Å²) in [6.07, 6.45) is 8.27. The number of aryl methyl sites for hydroxylation is 1. The van der Waals surface area contributed by atoms with Crippen molar-refractivity contribution in [2.45, 2.75) is 6.92 Å². The van der Waals surface area contributed by atoms with Crippen LogP contribution in [0, 0.1) is 6.92 Å². The first kappa shape index (κ1) is 12.2. The van der Waals surface area contributed by atoms with E-state index >= 15 is 0 Å². The minimum Gasteiger partial charge on any atom is -0.399 e. The van der Waals surface area contributed by atoms with Gasteiger partial charge in [-0.15, -0.1) is 0 Å². The fraction of sp³-hybridized carbons (Fsp3) is 0.0588. The van der Waals surface area contributed by atoms with Gasteiger partial charge in [0.2, 0.25) is 0 Å². The Bertz CT molecular complexity index is 562. The zero-order valence-electron chi connectivity index (χ0n) is 10.5. The third-order valence-electron chi connectivity index (χ3n) is 2.80. The number of rotatable bonds is 3. The van der Waals surface area contributed by atoms with Crippen LogP contribution in [-0.4, -0.2) is 0 Å². The van der Waals surface area contributed by atoms with Gasteiger partial charge >= 0.3 is 0 Å². The van der Waals surface area contributed by atoms with E-state index in [0.29, 0.717) is 0 Å². The number of benzene rings is 2. The van der Waals surface area contributed by atoms with Gasteiger partial charge in [-0.3, -0.25) is 0 Å². The Morgan fingerprint density at radius 2 is 1.50 bits per heavy atom. The molecule has 0 spiro atoms. The van der Waals surface area contributed by atoms with Crippen LogP contribution in [0.3, 0.4) is 0 Å². The van der Waals surface area contributed by atoms with Crippen LogP contribution in [0.1, 0.15) is 16.7 Å². The van der Waals surface area contributed by atoms with Crippen LogP contribution in [0.15, 0.2) is 60.7 Å². The summed E-state index contributed by atoms with van der Waals surface area (Å²) in [5, 5.41) is 0. The standard InChI is InChI=1S/C17H17N/c1-14-6-2-4-8-16(14)9-5-3-7-15-10-12-17(18)13-11-15/h2-13H,18H2,1H3/b7-3+,9-5+. The van der Waals surface area contributed by atoms with Crippen molar-refractivity contribution >= 4 is 17.8 Å². The lowest BCUT2D eigenvalue weighted by Crippen LogP contribution is -1.82. The van der Waals surface area contributed by atoms with Crippen LogP contribution < -0.4 is 5.73 Å². The molecule has 0 amide bonds. The van der Waals surface area contributed by atoms with Crippen molar-refractivity contribution in [1.82, 2.24) is 0 Å². The van der Waals surface area contributed by atoms with E-state index in [0.717, 1.165) is 11.3 Å². The molecule has 2 aromatic carbocycles. The second-order valence-electron chi connectivity index (χ2n) is 4.24. The molecule has 90 valence electrons. The predicted molar refractivity (Wildman–Crippen MR) is 80.1 cm³/mol. The molecule has 0 saturated carbocycles. The van der Waals surface area contributed by atoms with Crippen molar-refractivity contribution in [3.05, 3.63) is 77.4 Å². The molecule has 2 rings (SSSR count). The third kappa shape index (κ3) is 3.36. The van der Waals surface area contributed by atoms with Gasteiger partial charge in [0, 0.05) is 5.69 Å². The highest BCUT2D eigenvalue weighted by molar-refractivity contribution is 5.59. The Morgan fingerprint density at radius 1 is 0.833 bits per heavy atom. The van der Waals surface area contributed by atoms with E-state index in [2.05, 4.69) is 49.4 Å². The quantitative estimate of drug-likeness (QED) is 0.623. The zero-order chi connectivity index (χ0) is 12.8. The van der Waals surface area contributed by atoms with E-state index in [1.54, 1.807) is 0 Å². The van der Waals surface area contributed by atoms with Crippen LogP contribution in [0.25, 0.3) is 12.2 Å². The number of allylic oxidation sites excluding steroid dienone is 2. The fourth-order valence-electron chi connectivity index (χ4n) is 1.71. The molecule has 18 heavy (non-hydrogen) atoms. The van der Waals surface area contributed by atoms with E-state index in [-0.39, 0.29) is 0 Å². The van der Waals surface area contributed by atoms with Crippen molar-refractivity contribution in [2.75, 3.05) is 5.73 Å². The van der Waals surface area contributed by atoms with Crippen LogP contribution in [-0.2, 0) is 0 Å². The van der Waals surface area contributed by atoms with Gasteiger partial charge in [-0.25, -0.2) is 0 Å². The van der Waals surface area contributed by atoms with Crippen LogP contribution in [0.5, 0.6) is 0 Å². The third-order valence-corrected chi connectivity index (χ3v) is 2.80. The monoisotopic (exact) mass is 235 g/mol. The largest absolute Gasteiger partial charge is 0.399 e. The topological polar surface area (TPSA) is 26.0 Å². The molecule has 0 atom stereocenters. The van der Waals surface area contributed by atoms with Crippen molar-refractivity contribution in [3.63, 3.8) is 0 Å². The Kier molecular flexibility index (Phi) is 3.98. The number of hydrogen-bond donors (Lipinski definition) is 1. The molecule has 0 aliphatic carbocycles. The number of nitrogens with two attached hydrogens (primary N) is 1. The molecule has 2 aromatic rings. The lowest BCUT2D eigenvalue weighted by molar-refractivity contribution is 1.44. The van der Waals surface area contributed by atoms with Gasteiger partial charge in [0.1, 0.15) is 0 Å². The first-order valence-electron chi connectivity index (χ1n) is 6.01. The molecule has 0 saturated heterocycles. The average molecular weight is 235 g/mol. The zero-order valence-corrected chi connectivity index (χ0v) is 10.5. The van der Waals surface area contributed by atoms with Crippen LogP contribution in [0.4, 0.5) is 5.69 Å². The van der Waals surface area contributed by atoms with E-state index in [4.69, 9.17) is 5.73 Å². The first-order chi connectivity index (χ1) is 8.75.